The molecule has 90 valence electrons. The molecule has 0 fully saturated rings. The first kappa shape index (κ1) is 13.0. The van der Waals surface area contributed by atoms with E-state index in [4.69, 9.17) is 5.11 Å². The third kappa shape index (κ3) is 3.24. The highest BCUT2D eigenvalue weighted by Gasteiger charge is 2.18. The third-order valence-corrected chi connectivity index (χ3v) is 2.94. The summed E-state index contributed by atoms with van der Waals surface area (Å²) in [5.74, 6) is 0. The molecule has 0 aromatic heterocycles. The van der Waals surface area contributed by atoms with Crippen molar-refractivity contribution < 1.29 is 5.11 Å². The molecule has 0 aliphatic rings. The molecule has 0 heterocycles. The second kappa shape index (κ2) is 5.35. The van der Waals surface area contributed by atoms with Gasteiger partial charge >= 0.3 is 0 Å². The van der Waals surface area contributed by atoms with Crippen molar-refractivity contribution in [1.29, 1.82) is 0 Å². The zero-order chi connectivity index (χ0) is 12.2. The normalized spacial score (nSPS) is 11.6. The molecular formula is C14H23NO. The van der Waals surface area contributed by atoms with Crippen LogP contribution in [0.25, 0.3) is 0 Å². The monoisotopic (exact) mass is 221 g/mol. The summed E-state index contributed by atoms with van der Waals surface area (Å²) >= 11 is 0. The van der Waals surface area contributed by atoms with Gasteiger partial charge in [-0.3, -0.25) is 0 Å². The van der Waals surface area contributed by atoms with Crippen LogP contribution in [-0.2, 0) is 6.42 Å². The molecule has 0 amide bonds. The number of hydrogen-bond acceptors (Lipinski definition) is 2. The van der Waals surface area contributed by atoms with E-state index in [1.807, 2.05) is 0 Å². The summed E-state index contributed by atoms with van der Waals surface area (Å²) in [5, 5.41) is 12.6. The largest absolute Gasteiger partial charge is 0.396 e. The maximum Gasteiger partial charge on any atom is 0.0453 e. The van der Waals surface area contributed by atoms with Crippen molar-refractivity contribution in [1.82, 2.24) is 0 Å². The van der Waals surface area contributed by atoms with Gasteiger partial charge in [-0.2, -0.15) is 0 Å². The van der Waals surface area contributed by atoms with E-state index in [0.717, 1.165) is 12.8 Å². The highest BCUT2D eigenvalue weighted by atomic mass is 16.3. The Morgan fingerprint density at radius 1 is 1.31 bits per heavy atom. The quantitative estimate of drug-likeness (QED) is 0.800. The smallest absolute Gasteiger partial charge is 0.0453 e. The van der Waals surface area contributed by atoms with Crippen molar-refractivity contribution >= 4 is 5.69 Å². The fourth-order valence-electron chi connectivity index (χ4n) is 1.88. The van der Waals surface area contributed by atoms with E-state index >= 15 is 0 Å². The molecule has 0 saturated carbocycles. The molecule has 0 saturated heterocycles. The lowest BCUT2D eigenvalue weighted by Gasteiger charge is -2.29. The first-order chi connectivity index (χ1) is 7.50. The highest BCUT2D eigenvalue weighted by Crippen LogP contribution is 2.25. The molecule has 1 aromatic carbocycles. The Bertz CT molecular complexity index is 345. The van der Waals surface area contributed by atoms with Crippen LogP contribution in [0.2, 0.25) is 0 Å². The molecule has 0 spiro atoms. The Labute approximate surface area is 98.7 Å². The Morgan fingerprint density at radius 3 is 2.56 bits per heavy atom. The van der Waals surface area contributed by atoms with Gasteiger partial charge in [-0.1, -0.05) is 25.1 Å². The molecule has 1 rings (SSSR count). The Balaban J connectivity index is 2.95. The third-order valence-electron chi connectivity index (χ3n) is 2.94. The number of aliphatic hydroxyl groups is 1. The van der Waals surface area contributed by atoms with Crippen LogP contribution in [0.5, 0.6) is 0 Å². The minimum absolute atomic E-state index is 0.0647. The predicted octanol–water partition coefficient (Wildman–Crippen LogP) is 3.13. The van der Waals surface area contributed by atoms with E-state index in [-0.39, 0.29) is 12.1 Å². The number of benzene rings is 1. The van der Waals surface area contributed by atoms with E-state index in [0.29, 0.717) is 0 Å². The summed E-state index contributed by atoms with van der Waals surface area (Å²) in [6.07, 6.45) is 1.78. The molecular weight excluding hydrogens is 198 g/mol. The highest BCUT2D eigenvalue weighted by molar-refractivity contribution is 5.58. The molecule has 0 radical (unpaired) electrons. The van der Waals surface area contributed by atoms with E-state index in [9.17, 15) is 0 Å². The van der Waals surface area contributed by atoms with Gasteiger partial charge in [0.05, 0.1) is 0 Å². The van der Waals surface area contributed by atoms with Gasteiger partial charge in [0.25, 0.3) is 0 Å². The van der Waals surface area contributed by atoms with Gasteiger partial charge in [0.15, 0.2) is 0 Å². The topological polar surface area (TPSA) is 32.3 Å². The number of para-hydroxylation sites is 1. The number of rotatable bonds is 5. The van der Waals surface area contributed by atoms with Crippen molar-refractivity contribution in [3.05, 3.63) is 29.3 Å². The molecule has 2 N–H and O–H groups in total. The van der Waals surface area contributed by atoms with E-state index in [1.165, 1.54) is 16.8 Å². The van der Waals surface area contributed by atoms with Crippen LogP contribution in [0.3, 0.4) is 0 Å². The van der Waals surface area contributed by atoms with Crippen LogP contribution in [0.4, 0.5) is 5.69 Å². The summed E-state index contributed by atoms with van der Waals surface area (Å²) in [7, 11) is 0. The number of aryl methyl sites for hydroxylation is 2. The van der Waals surface area contributed by atoms with E-state index in [1.54, 1.807) is 0 Å². The first-order valence-electron chi connectivity index (χ1n) is 5.97. The minimum Gasteiger partial charge on any atom is -0.396 e. The molecule has 2 heteroatoms. The number of anilines is 1. The van der Waals surface area contributed by atoms with Crippen LogP contribution in [0.15, 0.2) is 18.2 Å². The van der Waals surface area contributed by atoms with Gasteiger partial charge in [-0.25, -0.2) is 0 Å². The van der Waals surface area contributed by atoms with Crippen molar-refractivity contribution in [2.24, 2.45) is 0 Å². The minimum atomic E-state index is -0.0647. The molecule has 0 bridgehead atoms. The fraction of sp³-hybridized carbons (Fsp3) is 0.571. The van der Waals surface area contributed by atoms with Gasteiger partial charge in [0, 0.05) is 17.8 Å². The lowest BCUT2D eigenvalue weighted by molar-refractivity contribution is 0.261. The van der Waals surface area contributed by atoms with Gasteiger partial charge in [0.2, 0.25) is 0 Å². The first-order valence-corrected chi connectivity index (χ1v) is 5.97. The zero-order valence-electron chi connectivity index (χ0n) is 10.8. The number of hydrogen-bond donors (Lipinski definition) is 2. The number of aliphatic hydroxyl groups excluding tert-OH is 1. The van der Waals surface area contributed by atoms with Crippen molar-refractivity contribution in [3.63, 3.8) is 0 Å². The summed E-state index contributed by atoms with van der Waals surface area (Å²) < 4.78 is 0. The lowest BCUT2D eigenvalue weighted by atomic mass is 9.97. The Morgan fingerprint density at radius 2 is 2.00 bits per heavy atom. The second-order valence-corrected chi connectivity index (χ2v) is 4.95. The molecule has 1 aromatic rings. The molecule has 0 aliphatic heterocycles. The van der Waals surface area contributed by atoms with E-state index in [2.05, 4.69) is 51.2 Å². The van der Waals surface area contributed by atoms with Crippen LogP contribution in [-0.4, -0.2) is 17.3 Å². The average Bonchev–Trinajstić information content (AvgIpc) is 2.20. The van der Waals surface area contributed by atoms with Crippen LogP contribution in [0.1, 0.15) is 38.3 Å². The van der Waals surface area contributed by atoms with Gasteiger partial charge in [-0.15, -0.1) is 0 Å². The van der Waals surface area contributed by atoms with Crippen LogP contribution in [0, 0.1) is 6.92 Å². The van der Waals surface area contributed by atoms with Crippen LogP contribution < -0.4 is 5.32 Å². The summed E-state index contributed by atoms with van der Waals surface area (Å²) in [6, 6.07) is 6.37. The predicted molar refractivity (Wildman–Crippen MR) is 70.0 cm³/mol. The van der Waals surface area contributed by atoms with Gasteiger partial charge < -0.3 is 10.4 Å². The molecule has 16 heavy (non-hydrogen) atoms. The summed E-state index contributed by atoms with van der Waals surface area (Å²) in [6.45, 7) is 8.74. The lowest BCUT2D eigenvalue weighted by Crippen LogP contribution is -2.32. The maximum absolute atomic E-state index is 9.04. The van der Waals surface area contributed by atoms with Crippen molar-refractivity contribution in [2.75, 3.05) is 11.9 Å². The van der Waals surface area contributed by atoms with E-state index < -0.39 is 0 Å². The molecule has 2 nitrogen and oxygen atoms in total. The Kier molecular flexibility index (Phi) is 4.36. The average molecular weight is 221 g/mol. The van der Waals surface area contributed by atoms with Gasteiger partial charge in [0.1, 0.15) is 0 Å². The standard InChI is InChI=1S/C14H23NO/c1-5-12-8-6-7-11(2)13(12)15-14(3,4)9-10-16/h6-8,15-16H,5,9-10H2,1-4H3. The Hall–Kier alpha value is -1.02. The maximum atomic E-state index is 9.04. The molecule has 0 unspecified atom stereocenters. The van der Waals surface area contributed by atoms with Crippen molar-refractivity contribution in [3.8, 4) is 0 Å². The van der Waals surface area contributed by atoms with Crippen molar-refractivity contribution in [2.45, 2.75) is 46.1 Å². The second-order valence-electron chi connectivity index (χ2n) is 4.95. The van der Waals surface area contributed by atoms with Gasteiger partial charge in [-0.05, 0) is 44.7 Å². The molecule has 0 atom stereocenters. The SMILES string of the molecule is CCc1cccc(C)c1NC(C)(C)CCO. The zero-order valence-corrected chi connectivity index (χ0v) is 10.8. The van der Waals surface area contributed by atoms with Crippen LogP contribution >= 0.6 is 0 Å². The molecule has 0 aliphatic carbocycles. The number of nitrogens with one attached hydrogen (secondary N) is 1. The fourth-order valence-corrected chi connectivity index (χ4v) is 1.88. The summed E-state index contributed by atoms with van der Waals surface area (Å²) in [4.78, 5) is 0. The summed E-state index contributed by atoms with van der Waals surface area (Å²) in [5.41, 5.74) is 3.77.